The van der Waals surface area contributed by atoms with Crippen molar-refractivity contribution in [2.75, 3.05) is 16.6 Å². The molecule has 43 heavy (non-hydrogen) atoms. The zero-order valence-electron chi connectivity index (χ0n) is 24.4. The number of sulfonamides is 1. The molecule has 0 radical (unpaired) electrons. The molecule has 1 saturated carbocycles. The highest BCUT2D eigenvalue weighted by Gasteiger charge is 2.54. The number of hydrogen-bond acceptors (Lipinski definition) is 3. The van der Waals surface area contributed by atoms with Crippen molar-refractivity contribution in [1.29, 1.82) is 0 Å². The molecule has 2 aliphatic rings. The van der Waals surface area contributed by atoms with E-state index in [1.54, 1.807) is 19.1 Å². The van der Waals surface area contributed by atoms with Crippen molar-refractivity contribution in [1.82, 2.24) is 4.90 Å². The van der Waals surface area contributed by atoms with Crippen molar-refractivity contribution < 1.29 is 17.6 Å². The smallest absolute Gasteiger partial charge is 0.234 e. The number of piperidine rings is 1. The molecule has 2 fully saturated rings. The molecule has 5 rings (SSSR count). The summed E-state index contributed by atoms with van der Waals surface area (Å²) in [6, 6.07) is 20.0. The van der Waals surface area contributed by atoms with Crippen molar-refractivity contribution in [3.8, 4) is 0 Å². The molecule has 1 saturated heterocycles. The Kier molecular flexibility index (Phi) is 9.26. The van der Waals surface area contributed by atoms with Gasteiger partial charge in [-0.05, 0) is 92.1 Å². The zero-order valence-corrected chi connectivity index (χ0v) is 26.8. The number of amides is 1. The molecule has 228 valence electrons. The second-order valence-electron chi connectivity index (χ2n) is 11.9. The van der Waals surface area contributed by atoms with Crippen LogP contribution in [-0.4, -0.2) is 37.6 Å². The lowest BCUT2D eigenvalue weighted by Gasteiger charge is -2.53. The van der Waals surface area contributed by atoms with Gasteiger partial charge in [0.05, 0.1) is 35.5 Å². The van der Waals surface area contributed by atoms with Crippen LogP contribution in [0.15, 0.2) is 85.5 Å². The average molecular weight is 644 g/mol. The SMILES string of the molecule is C=CCC1(C)CC(c2cccc(Cl)c2)C(c2ccc(Cl)cc2)N(C(CN(c2cccc(F)c2)S(=O)(=O)CC)C2CC2)C1=O. The number of carbonyl (C=O) groups excluding carboxylic acids is 1. The Hall–Kier alpha value is -2.87. The molecule has 1 amide bonds. The van der Waals surface area contributed by atoms with E-state index in [4.69, 9.17) is 23.2 Å². The molecule has 1 heterocycles. The Morgan fingerprint density at radius 1 is 1.05 bits per heavy atom. The number of allylic oxidation sites excluding steroid dienone is 1. The van der Waals surface area contributed by atoms with Crippen LogP contribution in [0.2, 0.25) is 10.0 Å². The van der Waals surface area contributed by atoms with Crippen LogP contribution < -0.4 is 4.31 Å². The van der Waals surface area contributed by atoms with E-state index in [1.807, 2.05) is 60.4 Å². The fraction of sp³-hybridized carbons (Fsp3) is 0.382. The Morgan fingerprint density at radius 3 is 2.35 bits per heavy atom. The standard InChI is InChI=1S/C34H37Cl2FN2O3S/c1-4-18-34(3)21-30(25-8-6-9-27(36)19-25)32(24-14-16-26(35)17-15-24)39(33(34)40)31(23-12-13-23)22-38(43(41,42)5-2)29-11-7-10-28(37)20-29/h4,6-11,14-17,19-20,23,30-32H,1,5,12-13,18,21-22H2,2-3H3. The third kappa shape index (κ3) is 6.64. The van der Waals surface area contributed by atoms with Gasteiger partial charge in [-0.1, -0.05) is 66.5 Å². The predicted octanol–water partition coefficient (Wildman–Crippen LogP) is 8.41. The number of carbonyl (C=O) groups is 1. The third-order valence-electron chi connectivity index (χ3n) is 8.86. The van der Waals surface area contributed by atoms with Crippen LogP contribution >= 0.6 is 23.2 Å². The largest absolute Gasteiger partial charge is 0.329 e. The topological polar surface area (TPSA) is 57.7 Å². The minimum atomic E-state index is -3.81. The summed E-state index contributed by atoms with van der Waals surface area (Å²) in [5.41, 5.74) is 1.38. The van der Waals surface area contributed by atoms with Crippen molar-refractivity contribution in [2.24, 2.45) is 11.3 Å². The summed E-state index contributed by atoms with van der Waals surface area (Å²) in [4.78, 5) is 16.7. The first-order chi connectivity index (χ1) is 20.5. The predicted molar refractivity (Wildman–Crippen MR) is 172 cm³/mol. The zero-order chi connectivity index (χ0) is 30.9. The van der Waals surface area contributed by atoms with E-state index in [1.165, 1.54) is 22.5 Å². The second kappa shape index (κ2) is 12.6. The summed E-state index contributed by atoms with van der Waals surface area (Å²) in [5, 5.41) is 1.18. The van der Waals surface area contributed by atoms with E-state index >= 15 is 0 Å². The second-order valence-corrected chi connectivity index (χ2v) is 15.0. The number of rotatable bonds is 11. The van der Waals surface area contributed by atoms with Gasteiger partial charge in [0.15, 0.2) is 0 Å². The Balaban J connectivity index is 1.70. The molecule has 9 heteroatoms. The van der Waals surface area contributed by atoms with Gasteiger partial charge in [-0.2, -0.15) is 0 Å². The van der Waals surface area contributed by atoms with E-state index in [9.17, 15) is 17.6 Å². The lowest BCUT2D eigenvalue weighted by molar-refractivity contribution is -0.154. The van der Waals surface area contributed by atoms with Crippen LogP contribution in [0.1, 0.15) is 62.6 Å². The highest BCUT2D eigenvalue weighted by molar-refractivity contribution is 7.92. The van der Waals surface area contributed by atoms with Crippen molar-refractivity contribution in [2.45, 2.75) is 57.5 Å². The van der Waals surface area contributed by atoms with Crippen LogP contribution in [0.5, 0.6) is 0 Å². The Bertz CT molecular complexity index is 1600. The van der Waals surface area contributed by atoms with Crippen molar-refractivity contribution >= 4 is 44.8 Å². The number of hydrogen-bond donors (Lipinski definition) is 0. The van der Waals surface area contributed by atoms with Gasteiger partial charge in [-0.15, -0.1) is 6.58 Å². The summed E-state index contributed by atoms with van der Waals surface area (Å²) in [6.45, 7) is 7.53. The minimum absolute atomic E-state index is 0.0204. The van der Waals surface area contributed by atoms with E-state index < -0.39 is 33.3 Å². The van der Waals surface area contributed by atoms with Gasteiger partial charge in [0.1, 0.15) is 5.82 Å². The summed E-state index contributed by atoms with van der Waals surface area (Å²) < 4.78 is 42.8. The van der Waals surface area contributed by atoms with Crippen LogP contribution in [0.25, 0.3) is 0 Å². The van der Waals surface area contributed by atoms with Gasteiger partial charge in [0.25, 0.3) is 0 Å². The molecule has 1 aliphatic carbocycles. The molecule has 4 unspecified atom stereocenters. The highest BCUT2D eigenvalue weighted by atomic mass is 35.5. The fourth-order valence-corrected chi connectivity index (χ4v) is 7.99. The molecule has 0 bridgehead atoms. The molecule has 5 nitrogen and oxygen atoms in total. The molecule has 0 spiro atoms. The molecule has 0 N–H and O–H groups in total. The molecule has 3 aromatic carbocycles. The number of halogens is 3. The maximum atomic E-state index is 14.8. The van der Waals surface area contributed by atoms with E-state index in [0.717, 1.165) is 24.0 Å². The first-order valence-electron chi connectivity index (χ1n) is 14.7. The van der Waals surface area contributed by atoms with Crippen LogP contribution in [0.4, 0.5) is 10.1 Å². The van der Waals surface area contributed by atoms with E-state index in [-0.39, 0.29) is 35.7 Å². The van der Waals surface area contributed by atoms with Gasteiger partial charge >= 0.3 is 0 Å². The fourth-order valence-electron chi connectivity index (χ4n) is 6.53. The number of anilines is 1. The van der Waals surface area contributed by atoms with Crippen molar-refractivity contribution in [3.63, 3.8) is 0 Å². The van der Waals surface area contributed by atoms with E-state index in [0.29, 0.717) is 22.9 Å². The summed E-state index contributed by atoms with van der Waals surface area (Å²) in [7, 11) is -3.81. The number of likely N-dealkylation sites (tertiary alicyclic amines) is 1. The van der Waals surface area contributed by atoms with Gasteiger partial charge in [0.2, 0.25) is 15.9 Å². The maximum Gasteiger partial charge on any atom is 0.234 e. The molecule has 4 atom stereocenters. The van der Waals surface area contributed by atoms with Gasteiger partial charge < -0.3 is 4.90 Å². The Labute approximate surface area is 264 Å². The lowest BCUT2D eigenvalue weighted by atomic mass is 9.67. The first-order valence-corrected chi connectivity index (χ1v) is 17.0. The summed E-state index contributed by atoms with van der Waals surface area (Å²) in [6.07, 6.45) is 4.53. The highest BCUT2D eigenvalue weighted by Crippen LogP contribution is 2.54. The minimum Gasteiger partial charge on any atom is -0.329 e. The molecule has 3 aromatic rings. The number of benzene rings is 3. The van der Waals surface area contributed by atoms with Crippen LogP contribution in [0.3, 0.4) is 0 Å². The van der Waals surface area contributed by atoms with Crippen LogP contribution in [0, 0.1) is 17.2 Å². The molecule has 0 aromatic heterocycles. The van der Waals surface area contributed by atoms with Gasteiger partial charge in [0, 0.05) is 16.0 Å². The monoisotopic (exact) mass is 642 g/mol. The normalized spacial score (nSPS) is 23.2. The lowest BCUT2D eigenvalue weighted by Crippen LogP contribution is -2.59. The summed E-state index contributed by atoms with van der Waals surface area (Å²) >= 11 is 12.8. The molecular weight excluding hydrogens is 606 g/mol. The first kappa shape index (κ1) is 31.6. The average Bonchev–Trinajstić information content (AvgIpc) is 3.81. The van der Waals surface area contributed by atoms with Gasteiger partial charge in [-0.3, -0.25) is 9.10 Å². The third-order valence-corrected chi connectivity index (χ3v) is 11.1. The van der Waals surface area contributed by atoms with Crippen molar-refractivity contribution in [3.05, 3.63) is 112 Å². The van der Waals surface area contributed by atoms with Crippen LogP contribution in [-0.2, 0) is 14.8 Å². The van der Waals surface area contributed by atoms with E-state index in [2.05, 4.69) is 6.58 Å². The maximum absolute atomic E-state index is 14.8. The molecule has 1 aliphatic heterocycles. The van der Waals surface area contributed by atoms with Gasteiger partial charge in [-0.25, -0.2) is 12.8 Å². The molecular formula is C34H37Cl2FN2O3S. The quantitative estimate of drug-likeness (QED) is 0.197. The Morgan fingerprint density at radius 2 is 1.74 bits per heavy atom. The summed E-state index contributed by atoms with van der Waals surface area (Å²) in [5.74, 6) is -0.781. The number of nitrogens with zero attached hydrogens (tertiary/aromatic N) is 2.